The lowest BCUT2D eigenvalue weighted by molar-refractivity contribution is 0.0870. The third-order valence-corrected chi connectivity index (χ3v) is 3.56. The summed E-state index contributed by atoms with van der Waals surface area (Å²) in [6.07, 6.45) is 7.72. The van der Waals surface area contributed by atoms with Crippen LogP contribution >= 0.6 is 11.3 Å². The number of rotatable bonds is 3. The maximum atomic E-state index is 11.7. The summed E-state index contributed by atoms with van der Waals surface area (Å²) < 4.78 is 1.46. The normalized spacial score (nSPS) is 15.5. The summed E-state index contributed by atoms with van der Waals surface area (Å²) in [6.45, 7) is 0. The Morgan fingerprint density at radius 1 is 1.41 bits per heavy atom. The second-order valence-electron chi connectivity index (χ2n) is 4.15. The molecule has 4 heteroatoms. The van der Waals surface area contributed by atoms with Crippen molar-refractivity contribution in [3.63, 3.8) is 0 Å². The average Bonchev–Trinajstić information content (AvgIpc) is 2.88. The number of carbonyl (C=O) groups is 1. The van der Waals surface area contributed by atoms with E-state index in [1.54, 1.807) is 17.5 Å². The highest BCUT2D eigenvalue weighted by Crippen LogP contribution is 2.30. The fourth-order valence-electron chi connectivity index (χ4n) is 1.62. The van der Waals surface area contributed by atoms with E-state index in [1.165, 1.54) is 9.56 Å². The maximum Gasteiger partial charge on any atom is 0.249 e. The average molecular weight is 244 g/mol. The number of aromatic nitrogens is 2. The minimum Gasteiger partial charge on any atom is -0.272 e. The topological polar surface area (TPSA) is 34.9 Å². The van der Waals surface area contributed by atoms with Gasteiger partial charge in [-0.25, -0.2) is 4.68 Å². The van der Waals surface area contributed by atoms with Crippen LogP contribution in [0.1, 0.15) is 28.2 Å². The molecule has 1 aliphatic rings. The number of carbonyl (C=O) groups excluding carboxylic acids is 1. The highest BCUT2D eigenvalue weighted by molar-refractivity contribution is 7.10. The predicted molar refractivity (Wildman–Crippen MR) is 68.8 cm³/mol. The van der Waals surface area contributed by atoms with Gasteiger partial charge >= 0.3 is 0 Å². The minimum absolute atomic E-state index is 0.126. The van der Waals surface area contributed by atoms with E-state index in [0.29, 0.717) is 0 Å². The molecule has 2 heterocycles. The van der Waals surface area contributed by atoms with Crippen molar-refractivity contribution in [3.05, 3.63) is 40.3 Å². The first-order valence-electron chi connectivity index (χ1n) is 5.64. The van der Waals surface area contributed by atoms with Crippen molar-refractivity contribution in [1.29, 1.82) is 0 Å². The van der Waals surface area contributed by atoms with Gasteiger partial charge in [0.05, 0.1) is 5.69 Å². The van der Waals surface area contributed by atoms with E-state index >= 15 is 0 Å². The fraction of sp³-hybridized carbons (Fsp3) is 0.231. The predicted octanol–water partition coefficient (Wildman–Crippen LogP) is 3.17. The highest BCUT2D eigenvalue weighted by atomic mass is 32.1. The van der Waals surface area contributed by atoms with Gasteiger partial charge in [0, 0.05) is 17.0 Å². The van der Waals surface area contributed by atoms with Crippen LogP contribution in [0.25, 0.3) is 12.2 Å². The van der Waals surface area contributed by atoms with Gasteiger partial charge in [0.2, 0.25) is 5.91 Å². The van der Waals surface area contributed by atoms with Crippen LogP contribution in [0.5, 0.6) is 0 Å². The molecular weight excluding hydrogens is 232 g/mol. The second-order valence-corrected chi connectivity index (χ2v) is 5.13. The zero-order valence-electron chi connectivity index (χ0n) is 9.24. The molecule has 86 valence electrons. The summed E-state index contributed by atoms with van der Waals surface area (Å²) in [5, 5.41) is 6.29. The molecule has 3 rings (SSSR count). The van der Waals surface area contributed by atoms with Crippen LogP contribution in [0.3, 0.4) is 0 Å². The Labute approximate surface area is 103 Å². The van der Waals surface area contributed by atoms with Crippen molar-refractivity contribution < 1.29 is 4.79 Å². The van der Waals surface area contributed by atoms with Gasteiger partial charge in [-0.05, 0) is 42.5 Å². The van der Waals surface area contributed by atoms with E-state index in [9.17, 15) is 4.79 Å². The summed E-state index contributed by atoms with van der Waals surface area (Å²) in [5.74, 6) is 0.338. The molecule has 1 saturated carbocycles. The molecule has 0 bridgehead atoms. The Morgan fingerprint density at radius 2 is 2.29 bits per heavy atom. The van der Waals surface area contributed by atoms with Crippen molar-refractivity contribution in [2.45, 2.75) is 12.8 Å². The van der Waals surface area contributed by atoms with Crippen molar-refractivity contribution >= 4 is 29.4 Å². The maximum absolute atomic E-state index is 11.7. The Kier molecular flexibility index (Phi) is 2.65. The van der Waals surface area contributed by atoms with E-state index in [-0.39, 0.29) is 11.8 Å². The van der Waals surface area contributed by atoms with Crippen LogP contribution in [0, 0.1) is 5.92 Å². The van der Waals surface area contributed by atoms with Gasteiger partial charge in [0.25, 0.3) is 0 Å². The largest absolute Gasteiger partial charge is 0.272 e. The van der Waals surface area contributed by atoms with Gasteiger partial charge in [0.1, 0.15) is 0 Å². The van der Waals surface area contributed by atoms with Crippen LogP contribution in [0.15, 0.2) is 29.8 Å². The smallest absolute Gasteiger partial charge is 0.249 e. The second kappa shape index (κ2) is 4.30. The first kappa shape index (κ1) is 10.5. The van der Waals surface area contributed by atoms with E-state index in [2.05, 4.69) is 5.10 Å². The molecule has 17 heavy (non-hydrogen) atoms. The molecule has 2 aromatic heterocycles. The van der Waals surface area contributed by atoms with Gasteiger partial charge in [-0.15, -0.1) is 11.3 Å². The van der Waals surface area contributed by atoms with E-state index in [0.717, 1.165) is 18.5 Å². The van der Waals surface area contributed by atoms with Gasteiger partial charge < -0.3 is 0 Å². The number of hydrogen-bond donors (Lipinski definition) is 0. The summed E-state index contributed by atoms with van der Waals surface area (Å²) in [4.78, 5) is 12.9. The Morgan fingerprint density at radius 3 is 3.00 bits per heavy atom. The lowest BCUT2D eigenvalue weighted by Crippen LogP contribution is -2.12. The van der Waals surface area contributed by atoms with E-state index in [1.807, 2.05) is 35.7 Å². The molecule has 0 aliphatic heterocycles. The zero-order chi connectivity index (χ0) is 11.7. The van der Waals surface area contributed by atoms with Crippen LogP contribution in [0.4, 0.5) is 0 Å². The molecular formula is C13H12N2OS. The number of nitrogens with zero attached hydrogens (tertiary/aromatic N) is 2. The number of thiophene rings is 1. The van der Waals surface area contributed by atoms with Crippen LogP contribution in [-0.4, -0.2) is 15.7 Å². The molecule has 3 nitrogen and oxygen atoms in total. The van der Waals surface area contributed by atoms with Crippen molar-refractivity contribution in [3.8, 4) is 0 Å². The third-order valence-electron chi connectivity index (χ3n) is 2.72. The summed E-state index contributed by atoms with van der Waals surface area (Å²) in [5.41, 5.74) is 0.826. The highest BCUT2D eigenvalue weighted by Gasteiger charge is 2.31. The number of hydrogen-bond acceptors (Lipinski definition) is 3. The monoisotopic (exact) mass is 244 g/mol. The SMILES string of the molecule is O=C(C1CC1)n1ccc(C=Cc2cccs2)n1. The van der Waals surface area contributed by atoms with Crippen molar-refractivity contribution in [2.75, 3.05) is 0 Å². The molecule has 1 aliphatic carbocycles. The molecule has 0 spiro atoms. The van der Waals surface area contributed by atoms with Gasteiger partial charge in [-0.2, -0.15) is 5.10 Å². The van der Waals surface area contributed by atoms with Gasteiger partial charge in [-0.1, -0.05) is 6.07 Å². The Balaban J connectivity index is 1.74. The molecule has 0 aromatic carbocycles. The van der Waals surface area contributed by atoms with Crippen LogP contribution in [0.2, 0.25) is 0 Å². The van der Waals surface area contributed by atoms with Gasteiger partial charge in [0.15, 0.2) is 0 Å². The van der Waals surface area contributed by atoms with Crippen LogP contribution < -0.4 is 0 Å². The summed E-state index contributed by atoms with van der Waals surface area (Å²) in [6, 6.07) is 5.93. The van der Waals surface area contributed by atoms with Crippen LogP contribution in [-0.2, 0) is 0 Å². The standard InChI is InChI=1S/C13H12N2OS/c16-13(10-3-4-10)15-8-7-11(14-15)5-6-12-2-1-9-17-12/h1-2,5-10H,3-4H2. The molecule has 0 N–H and O–H groups in total. The first-order chi connectivity index (χ1) is 8.33. The zero-order valence-corrected chi connectivity index (χ0v) is 10.1. The molecule has 1 fully saturated rings. The van der Waals surface area contributed by atoms with Crippen molar-refractivity contribution in [2.24, 2.45) is 5.92 Å². The minimum atomic E-state index is 0.126. The Hall–Kier alpha value is -1.68. The van der Waals surface area contributed by atoms with E-state index in [4.69, 9.17) is 0 Å². The fourth-order valence-corrected chi connectivity index (χ4v) is 2.24. The van der Waals surface area contributed by atoms with Gasteiger partial charge in [-0.3, -0.25) is 4.79 Å². The molecule has 2 aromatic rings. The molecule has 0 atom stereocenters. The lowest BCUT2D eigenvalue weighted by Gasteiger charge is -1.95. The third kappa shape index (κ3) is 2.36. The van der Waals surface area contributed by atoms with Crippen molar-refractivity contribution in [1.82, 2.24) is 9.78 Å². The lowest BCUT2D eigenvalue weighted by atomic mass is 10.3. The summed E-state index contributed by atoms with van der Waals surface area (Å²) >= 11 is 1.68. The molecule has 0 radical (unpaired) electrons. The first-order valence-corrected chi connectivity index (χ1v) is 6.52. The van der Waals surface area contributed by atoms with E-state index < -0.39 is 0 Å². The summed E-state index contributed by atoms with van der Waals surface area (Å²) in [7, 11) is 0. The molecule has 0 saturated heterocycles. The molecule has 0 unspecified atom stereocenters. The molecule has 0 amide bonds. The Bertz CT molecular complexity index is 550. The quantitative estimate of drug-likeness (QED) is 0.831.